The first-order chi connectivity index (χ1) is 11.5. The Morgan fingerprint density at radius 1 is 1.21 bits per heavy atom. The fourth-order valence-electron chi connectivity index (χ4n) is 2.18. The summed E-state index contributed by atoms with van der Waals surface area (Å²) in [7, 11) is 0. The summed E-state index contributed by atoms with van der Waals surface area (Å²) in [5, 5.41) is 12.2. The molecule has 0 bridgehead atoms. The molecular weight excluding hydrogens is 349 g/mol. The van der Waals surface area contributed by atoms with E-state index < -0.39 is 0 Å². The molecule has 3 aromatic rings. The highest BCUT2D eigenvalue weighted by Gasteiger charge is 2.10. The molecule has 8 heteroatoms. The molecule has 2 heterocycles. The zero-order valence-corrected chi connectivity index (χ0v) is 14.4. The van der Waals surface area contributed by atoms with Gasteiger partial charge in [0.15, 0.2) is 5.82 Å². The zero-order valence-electron chi connectivity index (χ0n) is 12.9. The second kappa shape index (κ2) is 7.07. The minimum Gasteiger partial charge on any atom is -0.305 e. The van der Waals surface area contributed by atoms with E-state index in [0.717, 1.165) is 5.56 Å². The lowest BCUT2D eigenvalue weighted by Gasteiger charge is -2.04. The van der Waals surface area contributed by atoms with E-state index in [1.807, 2.05) is 13.0 Å². The molecule has 0 unspecified atom stereocenters. The quantitative estimate of drug-likeness (QED) is 0.751. The Morgan fingerprint density at radius 2 is 2.04 bits per heavy atom. The van der Waals surface area contributed by atoms with Crippen molar-refractivity contribution in [3.05, 3.63) is 64.0 Å². The molecule has 24 heavy (non-hydrogen) atoms. The number of hydrogen-bond acceptors (Lipinski definition) is 3. The van der Waals surface area contributed by atoms with Crippen LogP contribution in [0.25, 0.3) is 0 Å². The van der Waals surface area contributed by atoms with Crippen LogP contribution in [0.3, 0.4) is 0 Å². The Kier molecular flexibility index (Phi) is 4.87. The molecule has 124 valence electrons. The van der Waals surface area contributed by atoms with E-state index >= 15 is 0 Å². The van der Waals surface area contributed by atoms with Gasteiger partial charge in [0, 0.05) is 25.0 Å². The van der Waals surface area contributed by atoms with Crippen molar-refractivity contribution in [3.63, 3.8) is 0 Å². The monoisotopic (exact) mass is 363 g/mol. The van der Waals surface area contributed by atoms with Gasteiger partial charge in [-0.2, -0.15) is 10.2 Å². The Hall–Kier alpha value is -2.31. The smallest absolute Gasteiger partial charge is 0.260 e. The minimum atomic E-state index is -0.241. The first kappa shape index (κ1) is 16.5. The molecule has 1 amide bonds. The van der Waals surface area contributed by atoms with Gasteiger partial charge >= 0.3 is 0 Å². The summed E-state index contributed by atoms with van der Waals surface area (Å²) >= 11 is 11.9. The molecule has 0 spiro atoms. The number of amides is 1. The number of hydrogen-bond donors (Lipinski definition) is 1. The van der Waals surface area contributed by atoms with Crippen molar-refractivity contribution >= 4 is 34.9 Å². The van der Waals surface area contributed by atoms with Crippen LogP contribution in [-0.4, -0.2) is 25.5 Å². The third-order valence-corrected chi connectivity index (χ3v) is 4.17. The van der Waals surface area contributed by atoms with Gasteiger partial charge in [-0.1, -0.05) is 29.3 Å². The van der Waals surface area contributed by atoms with Gasteiger partial charge < -0.3 is 5.32 Å². The lowest BCUT2D eigenvalue weighted by molar-refractivity contribution is 0.102. The van der Waals surface area contributed by atoms with Crippen LogP contribution in [0.2, 0.25) is 10.0 Å². The number of aryl methyl sites for hydroxylation is 1. The average molecular weight is 364 g/mol. The van der Waals surface area contributed by atoms with Crippen LogP contribution >= 0.6 is 23.2 Å². The zero-order chi connectivity index (χ0) is 17.1. The Bertz CT molecular complexity index is 871. The van der Waals surface area contributed by atoms with Crippen LogP contribution in [0.4, 0.5) is 5.82 Å². The van der Waals surface area contributed by atoms with E-state index in [1.165, 1.54) is 6.20 Å². The van der Waals surface area contributed by atoms with Gasteiger partial charge in [-0.25, -0.2) is 0 Å². The molecule has 0 aliphatic carbocycles. The standard InChI is InChI=1S/C16H15Cl2N5O/c1-2-22-10-12(8-19-22)16(24)20-15-5-6-23(21-15)9-11-3-4-13(17)14(18)7-11/h3-8,10H,2,9H2,1H3,(H,20,21,24). The predicted molar refractivity (Wildman–Crippen MR) is 93.6 cm³/mol. The van der Waals surface area contributed by atoms with E-state index in [0.29, 0.717) is 34.5 Å². The number of benzene rings is 1. The Balaban J connectivity index is 1.66. The molecule has 1 aromatic carbocycles. The maximum absolute atomic E-state index is 12.1. The molecule has 6 nitrogen and oxygen atoms in total. The molecule has 2 aromatic heterocycles. The second-order valence-corrected chi connectivity index (χ2v) is 6.00. The maximum Gasteiger partial charge on any atom is 0.260 e. The number of rotatable bonds is 5. The topological polar surface area (TPSA) is 64.7 Å². The van der Waals surface area contributed by atoms with Crippen LogP contribution in [0.15, 0.2) is 42.9 Å². The van der Waals surface area contributed by atoms with Crippen LogP contribution in [0.5, 0.6) is 0 Å². The summed E-state index contributed by atoms with van der Waals surface area (Å²) in [6.07, 6.45) is 5.02. The first-order valence-electron chi connectivity index (χ1n) is 7.36. The fourth-order valence-corrected chi connectivity index (χ4v) is 2.50. The summed E-state index contributed by atoms with van der Waals surface area (Å²) in [6.45, 7) is 3.20. The third-order valence-electron chi connectivity index (χ3n) is 3.43. The summed E-state index contributed by atoms with van der Waals surface area (Å²) in [5.41, 5.74) is 1.46. The molecule has 0 aliphatic rings. The van der Waals surface area contributed by atoms with Crippen LogP contribution in [0, 0.1) is 0 Å². The van der Waals surface area contributed by atoms with Gasteiger partial charge in [-0.3, -0.25) is 14.2 Å². The number of nitrogens with one attached hydrogen (secondary N) is 1. The van der Waals surface area contributed by atoms with Crippen molar-refractivity contribution in [1.29, 1.82) is 0 Å². The molecule has 0 radical (unpaired) electrons. The molecule has 3 rings (SSSR count). The third kappa shape index (κ3) is 3.77. The number of nitrogens with zero attached hydrogens (tertiary/aromatic N) is 4. The van der Waals surface area contributed by atoms with E-state index in [9.17, 15) is 4.79 Å². The summed E-state index contributed by atoms with van der Waals surface area (Å²) in [5.74, 6) is 0.235. The van der Waals surface area contributed by atoms with Crippen molar-refractivity contribution in [2.45, 2.75) is 20.0 Å². The number of anilines is 1. The lowest BCUT2D eigenvalue weighted by Crippen LogP contribution is -2.12. The SMILES string of the molecule is CCn1cc(C(=O)Nc2ccn(Cc3ccc(Cl)c(Cl)c3)n2)cn1. The highest BCUT2D eigenvalue weighted by atomic mass is 35.5. The molecule has 0 atom stereocenters. The Morgan fingerprint density at radius 3 is 2.75 bits per heavy atom. The summed E-state index contributed by atoms with van der Waals surface area (Å²) in [4.78, 5) is 12.1. The fraction of sp³-hybridized carbons (Fsp3) is 0.188. The van der Waals surface area contributed by atoms with Gasteiger partial charge in [0.05, 0.1) is 28.4 Å². The first-order valence-corrected chi connectivity index (χ1v) is 8.12. The predicted octanol–water partition coefficient (Wildman–Crippen LogP) is 3.71. The van der Waals surface area contributed by atoms with Crippen molar-refractivity contribution in [2.75, 3.05) is 5.32 Å². The second-order valence-electron chi connectivity index (χ2n) is 5.19. The molecule has 0 saturated carbocycles. The van der Waals surface area contributed by atoms with Crippen LogP contribution in [-0.2, 0) is 13.1 Å². The van der Waals surface area contributed by atoms with E-state index in [2.05, 4.69) is 15.5 Å². The van der Waals surface area contributed by atoms with E-state index in [4.69, 9.17) is 23.2 Å². The molecule has 0 saturated heterocycles. The average Bonchev–Trinajstić information content (AvgIpc) is 3.20. The summed E-state index contributed by atoms with van der Waals surface area (Å²) < 4.78 is 3.41. The molecule has 1 N–H and O–H groups in total. The van der Waals surface area contributed by atoms with Gasteiger partial charge in [0.1, 0.15) is 0 Å². The maximum atomic E-state index is 12.1. The van der Waals surface area contributed by atoms with Crippen LogP contribution < -0.4 is 5.32 Å². The highest BCUT2D eigenvalue weighted by Crippen LogP contribution is 2.23. The van der Waals surface area contributed by atoms with Gasteiger partial charge in [-0.05, 0) is 24.6 Å². The Labute approximate surface area is 149 Å². The van der Waals surface area contributed by atoms with Crippen molar-refractivity contribution in [2.24, 2.45) is 0 Å². The lowest BCUT2D eigenvalue weighted by atomic mass is 10.2. The van der Waals surface area contributed by atoms with Crippen LogP contribution in [0.1, 0.15) is 22.8 Å². The minimum absolute atomic E-state index is 0.241. The highest BCUT2D eigenvalue weighted by molar-refractivity contribution is 6.42. The molecule has 0 aliphatic heterocycles. The van der Waals surface area contributed by atoms with Crippen molar-refractivity contribution in [3.8, 4) is 0 Å². The molecule has 0 fully saturated rings. The number of carbonyl (C=O) groups is 1. The van der Waals surface area contributed by atoms with Gasteiger partial charge in [-0.15, -0.1) is 0 Å². The number of carbonyl (C=O) groups excluding carboxylic acids is 1. The largest absolute Gasteiger partial charge is 0.305 e. The van der Waals surface area contributed by atoms with Crippen molar-refractivity contribution < 1.29 is 4.79 Å². The number of aromatic nitrogens is 4. The van der Waals surface area contributed by atoms with E-state index in [1.54, 1.807) is 40.0 Å². The van der Waals surface area contributed by atoms with E-state index in [-0.39, 0.29) is 5.91 Å². The van der Waals surface area contributed by atoms with Gasteiger partial charge in [0.2, 0.25) is 0 Å². The summed E-state index contributed by atoms with van der Waals surface area (Å²) in [6, 6.07) is 7.16. The molecular formula is C16H15Cl2N5O. The number of halogens is 2. The van der Waals surface area contributed by atoms with Crippen molar-refractivity contribution in [1.82, 2.24) is 19.6 Å². The van der Waals surface area contributed by atoms with Gasteiger partial charge in [0.25, 0.3) is 5.91 Å². The normalized spacial score (nSPS) is 10.8.